The second-order valence-corrected chi connectivity index (χ2v) is 20.1. The summed E-state index contributed by atoms with van der Waals surface area (Å²) < 4.78 is 54.7. The molecule has 66 heavy (non-hydrogen) atoms. The van der Waals surface area contributed by atoms with E-state index in [9.17, 15) is 14.4 Å². The number of hydrogen-bond donors (Lipinski definition) is 3. The fourth-order valence-corrected chi connectivity index (χ4v) is 11.4. The molecule has 2 aliphatic carbocycles. The maximum absolute atomic E-state index is 15.8. The number of nitrogens with one attached hydrogen (secondary N) is 3. The Balaban J connectivity index is 0.710. The van der Waals surface area contributed by atoms with E-state index in [0.717, 1.165) is 87.2 Å². The van der Waals surface area contributed by atoms with Crippen LogP contribution in [0.15, 0.2) is 41.3 Å². The van der Waals surface area contributed by atoms with Crippen molar-refractivity contribution in [3.05, 3.63) is 63.4 Å². The Kier molecular flexibility index (Phi) is 10.4. The van der Waals surface area contributed by atoms with Crippen molar-refractivity contribution in [3.63, 3.8) is 0 Å². The molecule has 3 aromatic heterocycles. The van der Waals surface area contributed by atoms with Crippen molar-refractivity contribution >= 4 is 74.0 Å². The van der Waals surface area contributed by atoms with Crippen LogP contribution in [0.2, 0.25) is 5.02 Å². The second kappa shape index (κ2) is 16.0. The number of fused-ring (bicyclic) bond motifs is 4. The van der Waals surface area contributed by atoms with E-state index in [2.05, 4.69) is 60.8 Å². The number of carbonyl (C=O) groups excluding carboxylic acids is 2. The minimum Gasteiger partial charge on any atom is -0.480 e. The van der Waals surface area contributed by atoms with E-state index in [-0.39, 0.29) is 56.6 Å². The minimum absolute atomic E-state index is 0.0121. The van der Waals surface area contributed by atoms with Crippen molar-refractivity contribution in [3.8, 4) is 5.75 Å². The van der Waals surface area contributed by atoms with E-state index < -0.39 is 35.9 Å². The number of piperazine rings is 1. The number of benzene rings is 2. The molecule has 1 unspecified atom stereocenters. The Labute approximate surface area is 384 Å². The smallest absolute Gasteiger partial charge is 0.301 e. The molecule has 5 fully saturated rings. The lowest BCUT2D eigenvalue weighted by molar-refractivity contribution is -0.134. The molecule has 5 aromatic rings. The number of alkyl halides is 2. The van der Waals surface area contributed by atoms with Crippen molar-refractivity contribution < 1.29 is 27.5 Å². The molecule has 2 saturated carbocycles. The molecule has 15 nitrogen and oxygen atoms in total. The third kappa shape index (κ3) is 7.57. The van der Waals surface area contributed by atoms with Gasteiger partial charge in [0.2, 0.25) is 23.5 Å². The molecule has 6 aliphatic rings. The average Bonchev–Trinajstić information content (AvgIpc) is 4.09. The van der Waals surface area contributed by atoms with Gasteiger partial charge in [0.25, 0.3) is 5.56 Å². The predicted octanol–water partition coefficient (Wildman–Crippen LogP) is 6.70. The van der Waals surface area contributed by atoms with Crippen molar-refractivity contribution in [1.29, 1.82) is 0 Å². The number of aryl methyl sites for hydroxylation is 2. The number of imide groups is 1. The Hall–Kier alpha value is -5.62. The second-order valence-electron chi connectivity index (χ2n) is 19.7. The zero-order valence-electron chi connectivity index (χ0n) is 37.2. The Bertz CT molecular complexity index is 2850. The first-order chi connectivity index (χ1) is 31.6. The van der Waals surface area contributed by atoms with Gasteiger partial charge in [0.05, 0.1) is 46.3 Å². The number of nitrogens with zero attached hydrogens (tertiary/aromatic N) is 8. The van der Waals surface area contributed by atoms with Gasteiger partial charge in [0.1, 0.15) is 10.8 Å². The summed E-state index contributed by atoms with van der Waals surface area (Å²) in [5.41, 5.74) is 2.76. The molecular formula is C47H53ClF3N11O4. The van der Waals surface area contributed by atoms with Crippen LogP contribution in [-0.2, 0) is 23.7 Å². The molecule has 4 aliphatic heterocycles. The van der Waals surface area contributed by atoms with E-state index in [1.165, 1.54) is 29.9 Å². The number of anilines is 5. The van der Waals surface area contributed by atoms with Crippen LogP contribution in [0.25, 0.3) is 21.8 Å². The normalized spacial score (nSPS) is 24.4. The summed E-state index contributed by atoms with van der Waals surface area (Å²) >= 11 is 6.59. The first kappa shape index (κ1) is 43.0. The van der Waals surface area contributed by atoms with Crippen LogP contribution < -0.4 is 36.0 Å². The summed E-state index contributed by atoms with van der Waals surface area (Å²) in [4.78, 5) is 54.1. The molecule has 19 heteroatoms. The standard InChI is InChI=1S/C47H53ClF3N11O4/c1-25-20-61(28-6-7-29-36(16-28)59(3)57-38(29)30-8-9-37(63)54-43(30)64)15-14-60(25)21-26-10-12-46(13-11-26)22-62(23-46)45-52-19-32(48)42(56-45)53-34-17-31-35(18-33(34)49)58(2)44(65)40-39(31)55-41(27-4-5-27)47(50,51)24-66-40/h6-7,16-19,25-27,30,41,55H,4-5,8-15,20-24H2,1-3H3,(H,52,53,56)(H,54,63,64)/t25-,30?,41-/m0/s1. The van der Waals surface area contributed by atoms with E-state index >= 15 is 13.2 Å². The van der Waals surface area contributed by atoms with Gasteiger partial charge in [-0.15, -0.1) is 0 Å². The van der Waals surface area contributed by atoms with Gasteiger partial charge in [0, 0.05) is 93.8 Å². The molecule has 3 atom stereocenters. The lowest BCUT2D eigenvalue weighted by atomic mass is 9.66. The molecule has 1 spiro atoms. The number of rotatable bonds is 8. The van der Waals surface area contributed by atoms with Crippen LogP contribution in [-0.4, -0.2) is 105 Å². The highest BCUT2D eigenvalue weighted by molar-refractivity contribution is 6.33. The van der Waals surface area contributed by atoms with Crippen molar-refractivity contribution in [2.24, 2.45) is 31.3 Å². The van der Waals surface area contributed by atoms with Crippen LogP contribution in [0.1, 0.15) is 69.9 Å². The highest BCUT2D eigenvalue weighted by Gasteiger charge is 2.51. The molecule has 11 rings (SSSR count). The molecule has 7 heterocycles. The average molecular weight is 928 g/mol. The van der Waals surface area contributed by atoms with E-state index in [1.807, 2.05) is 11.7 Å². The minimum atomic E-state index is -3.20. The summed E-state index contributed by atoms with van der Waals surface area (Å²) in [5, 5.41) is 14.7. The summed E-state index contributed by atoms with van der Waals surface area (Å²) in [7, 11) is 3.37. The van der Waals surface area contributed by atoms with Gasteiger partial charge < -0.3 is 29.7 Å². The molecule has 348 valence electrons. The summed E-state index contributed by atoms with van der Waals surface area (Å²) in [5.74, 6) is -3.98. The van der Waals surface area contributed by atoms with Crippen LogP contribution in [0.5, 0.6) is 5.75 Å². The number of amides is 2. The van der Waals surface area contributed by atoms with Gasteiger partial charge in [-0.3, -0.25) is 29.3 Å². The number of piperidine rings is 1. The van der Waals surface area contributed by atoms with Gasteiger partial charge in [-0.2, -0.15) is 10.1 Å². The maximum atomic E-state index is 15.8. The van der Waals surface area contributed by atoms with Gasteiger partial charge in [0.15, 0.2) is 12.4 Å². The number of aromatic nitrogens is 5. The third-order valence-corrected chi connectivity index (χ3v) is 15.5. The Morgan fingerprint density at radius 2 is 1.76 bits per heavy atom. The number of ether oxygens (including phenoxy) is 1. The zero-order chi connectivity index (χ0) is 45.8. The monoisotopic (exact) mass is 927 g/mol. The van der Waals surface area contributed by atoms with Crippen LogP contribution in [0, 0.1) is 23.1 Å². The third-order valence-electron chi connectivity index (χ3n) is 15.2. The Morgan fingerprint density at radius 1 is 0.970 bits per heavy atom. The highest BCUT2D eigenvalue weighted by atomic mass is 35.5. The molecule has 3 saturated heterocycles. The van der Waals surface area contributed by atoms with Gasteiger partial charge in [-0.1, -0.05) is 11.6 Å². The van der Waals surface area contributed by atoms with Crippen LogP contribution >= 0.6 is 11.6 Å². The van der Waals surface area contributed by atoms with E-state index in [0.29, 0.717) is 49.0 Å². The molecule has 3 N–H and O–H groups in total. The number of carbonyl (C=O) groups is 2. The quantitative estimate of drug-likeness (QED) is 0.142. The van der Waals surface area contributed by atoms with Gasteiger partial charge >= 0.3 is 5.92 Å². The summed E-state index contributed by atoms with van der Waals surface area (Å²) in [6, 6.07) is 8.22. The molecule has 0 bridgehead atoms. The first-order valence-electron chi connectivity index (χ1n) is 23.1. The first-order valence-corrected chi connectivity index (χ1v) is 23.5. The SMILES string of the molecule is C[C@H]1CN(c2ccc3c(C4CCC(=O)NC4=O)nn(C)c3c2)CCN1CC1CCC2(CC1)CN(c1ncc(Cl)c(Nc3cc4c5c(c(=O)n(C)c4cc3F)OCC(F)(F)[C@H](C3CC3)N5)n1)C2. The van der Waals surface area contributed by atoms with Gasteiger partial charge in [-0.25, -0.2) is 18.2 Å². The molecule has 0 radical (unpaired) electrons. The lowest BCUT2D eigenvalue weighted by Gasteiger charge is -2.54. The fourth-order valence-electron chi connectivity index (χ4n) is 11.2. The van der Waals surface area contributed by atoms with Crippen molar-refractivity contribution in [2.45, 2.75) is 82.2 Å². The summed E-state index contributed by atoms with van der Waals surface area (Å²) in [6.45, 7) is 6.89. The fraction of sp³-hybridized carbons (Fsp3) is 0.532. The predicted molar refractivity (Wildman–Crippen MR) is 246 cm³/mol. The maximum Gasteiger partial charge on any atom is 0.301 e. The van der Waals surface area contributed by atoms with E-state index in [4.69, 9.17) is 26.4 Å². The Morgan fingerprint density at radius 3 is 2.50 bits per heavy atom. The lowest BCUT2D eigenvalue weighted by Crippen LogP contribution is -2.59. The highest BCUT2D eigenvalue weighted by Crippen LogP contribution is 2.48. The topological polar surface area (TPSA) is 155 Å². The largest absolute Gasteiger partial charge is 0.480 e. The van der Waals surface area contributed by atoms with Crippen LogP contribution in [0.3, 0.4) is 0 Å². The molecule has 2 amide bonds. The zero-order valence-corrected chi connectivity index (χ0v) is 37.9. The molecule has 2 aromatic carbocycles. The summed E-state index contributed by atoms with van der Waals surface area (Å²) in [6.07, 6.45) is 8.11. The number of pyridine rings is 1. The van der Waals surface area contributed by atoms with E-state index in [1.54, 1.807) is 0 Å². The van der Waals surface area contributed by atoms with Crippen molar-refractivity contribution in [1.82, 2.24) is 34.5 Å². The van der Waals surface area contributed by atoms with Gasteiger partial charge in [-0.05, 0) is 88.0 Å². The molecular weight excluding hydrogens is 875 g/mol. The van der Waals surface area contributed by atoms with Crippen LogP contribution in [0.4, 0.5) is 42.0 Å². The van der Waals surface area contributed by atoms with Crippen molar-refractivity contribution in [2.75, 3.05) is 66.3 Å². The number of halogens is 4. The number of hydrogen-bond acceptors (Lipinski definition) is 12.